The van der Waals surface area contributed by atoms with E-state index in [1.807, 2.05) is 4.90 Å². The fraction of sp³-hybridized carbons (Fsp3) is 0.727. The van der Waals surface area contributed by atoms with E-state index in [0.717, 1.165) is 25.8 Å². The van der Waals surface area contributed by atoms with Crippen molar-refractivity contribution in [3.8, 4) is 0 Å². The Morgan fingerprint density at radius 2 is 2.07 bits per heavy atom. The molecule has 3 heteroatoms. The van der Waals surface area contributed by atoms with Gasteiger partial charge in [0.2, 0.25) is 5.91 Å². The maximum Gasteiger partial charge on any atom is 0.226 e. The summed E-state index contributed by atoms with van der Waals surface area (Å²) in [4.78, 5) is 14.0. The Bertz CT molecular complexity index is 254. The van der Waals surface area contributed by atoms with E-state index in [9.17, 15) is 4.79 Å². The number of nitrogens with two attached hydrogens (primary N) is 1. The molecule has 0 bridgehead atoms. The molecular weight excluding hydrogens is 176 g/mol. The van der Waals surface area contributed by atoms with Gasteiger partial charge in [-0.3, -0.25) is 4.79 Å². The van der Waals surface area contributed by atoms with Crippen LogP contribution in [-0.2, 0) is 4.79 Å². The first-order valence-corrected chi connectivity index (χ1v) is 5.41. The molecule has 0 aromatic heterocycles. The van der Waals surface area contributed by atoms with Gasteiger partial charge >= 0.3 is 0 Å². The van der Waals surface area contributed by atoms with E-state index >= 15 is 0 Å². The van der Waals surface area contributed by atoms with Crippen LogP contribution < -0.4 is 5.73 Å². The summed E-state index contributed by atoms with van der Waals surface area (Å²) < 4.78 is 0. The Hall–Kier alpha value is -0.830. The van der Waals surface area contributed by atoms with Gasteiger partial charge in [0.05, 0.1) is 0 Å². The van der Waals surface area contributed by atoms with Gasteiger partial charge in [-0.2, -0.15) is 0 Å². The first-order valence-electron chi connectivity index (χ1n) is 5.41. The second kappa shape index (κ2) is 3.73. The highest BCUT2D eigenvalue weighted by molar-refractivity contribution is 5.80. The van der Waals surface area contributed by atoms with Gasteiger partial charge in [-0.15, -0.1) is 0 Å². The van der Waals surface area contributed by atoms with Gasteiger partial charge < -0.3 is 10.6 Å². The number of hydrogen-bond acceptors (Lipinski definition) is 2. The van der Waals surface area contributed by atoms with Gasteiger partial charge in [0.25, 0.3) is 0 Å². The van der Waals surface area contributed by atoms with Crippen molar-refractivity contribution in [1.82, 2.24) is 4.90 Å². The molecule has 1 amide bonds. The van der Waals surface area contributed by atoms with E-state index in [-0.39, 0.29) is 18.0 Å². The molecule has 1 saturated heterocycles. The standard InChI is InChI=1S/C11H18N2O/c1-8-10(12)6-7-13(8)11(14)9-4-2-3-5-9/h2-3,8-10H,4-7,12H2,1H3. The number of carbonyl (C=O) groups is 1. The summed E-state index contributed by atoms with van der Waals surface area (Å²) in [6.45, 7) is 2.90. The molecule has 2 rings (SSSR count). The Balaban J connectivity index is 1.98. The zero-order valence-electron chi connectivity index (χ0n) is 8.65. The van der Waals surface area contributed by atoms with Crippen LogP contribution in [-0.4, -0.2) is 29.4 Å². The highest BCUT2D eigenvalue weighted by atomic mass is 16.2. The number of allylic oxidation sites excluding steroid dienone is 2. The van der Waals surface area contributed by atoms with Crippen molar-refractivity contribution >= 4 is 5.91 Å². The van der Waals surface area contributed by atoms with Gasteiger partial charge in [0, 0.05) is 24.5 Å². The smallest absolute Gasteiger partial charge is 0.226 e. The van der Waals surface area contributed by atoms with Crippen molar-refractivity contribution < 1.29 is 4.79 Å². The second-order valence-electron chi connectivity index (χ2n) is 4.36. The molecule has 2 atom stereocenters. The maximum atomic E-state index is 12.0. The van der Waals surface area contributed by atoms with Crippen LogP contribution in [0.15, 0.2) is 12.2 Å². The third-order valence-corrected chi connectivity index (χ3v) is 3.45. The lowest BCUT2D eigenvalue weighted by Gasteiger charge is -2.26. The van der Waals surface area contributed by atoms with Crippen molar-refractivity contribution in [3.05, 3.63) is 12.2 Å². The maximum absolute atomic E-state index is 12.0. The fourth-order valence-electron chi connectivity index (χ4n) is 2.33. The Kier molecular flexibility index (Phi) is 2.59. The minimum Gasteiger partial charge on any atom is -0.338 e. The average molecular weight is 194 g/mol. The van der Waals surface area contributed by atoms with Crippen LogP contribution in [0.4, 0.5) is 0 Å². The summed E-state index contributed by atoms with van der Waals surface area (Å²) >= 11 is 0. The first kappa shape index (κ1) is 9.71. The molecular formula is C11H18N2O. The van der Waals surface area contributed by atoms with E-state index in [1.54, 1.807) is 0 Å². The average Bonchev–Trinajstić information content (AvgIpc) is 2.77. The molecule has 0 aromatic rings. The molecule has 0 spiro atoms. The predicted octanol–water partition coefficient (Wildman–Crippen LogP) is 0.901. The predicted molar refractivity (Wildman–Crippen MR) is 55.6 cm³/mol. The SMILES string of the molecule is CC1C(N)CCN1C(=O)C1CC=CC1. The lowest BCUT2D eigenvalue weighted by Crippen LogP contribution is -2.42. The monoisotopic (exact) mass is 194 g/mol. The molecule has 3 nitrogen and oxygen atoms in total. The highest BCUT2D eigenvalue weighted by Gasteiger charge is 2.34. The molecule has 0 saturated carbocycles. The molecule has 1 aliphatic heterocycles. The number of amides is 1. The molecule has 1 aliphatic carbocycles. The van der Waals surface area contributed by atoms with Crippen molar-refractivity contribution in [2.45, 2.75) is 38.3 Å². The lowest BCUT2D eigenvalue weighted by atomic mass is 10.1. The molecule has 2 N–H and O–H groups in total. The minimum atomic E-state index is 0.174. The zero-order valence-corrected chi connectivity index (χ0v) is 8.65. The molecule has 14 heavy (non-hydrogen) atoms. The van der Waals surface area contributed by atoms with Crippen LogP contribution in [0.5, 0.6) is 0 Å². The van der Waals surface area contributed by atoms with Gasteiger partial charge in [-0.25, -0.2) is 0 Å². The Labute approximate surface area is 84.9 Å². The van der Waals surface area contributed by atoms with Crippen molar-refractivity contribution in [2.24, 2.45) is 11.7 Å². The van der Waals surface area contributed by atoms with E-state index in [2.05, 4.69) is 19.1 Å². The van der Waals surface area contributed by atoms with E-state index in [1.165, 1.54) is 0 Å². The molecule has 2 aliphatic rings. The normalized spacial score (nSPS) is 32.9. The van der Waals surface area contributed by atoms with Crippen LogP contribution in [0.2, 0.25) is 0 Å². The number of likely N-dealkylation sites (tertiary alicyclic amines) is 1. The third kappa shape index (κ3) is 1.57. The third-order valence-electron chi connectivity index (χ3n) is 3.45. The molecule has 2 unspecified atom stereocenters. The van der Waals surface area contributed by atoms with Crippen molar-refractivity contribution in [3.63, 3.8) is 0 Å². The lowest BCUT2D eigenvalue weighted by molar-refractivity contribution is -0.135. The van der Waals surface area contributed by atoms with E-state index < -0.39 is 0 Å². The summed E-state index contributed by atoms with van der Waals surface area (Å²) in [7, 11) is 0. The molecule has 1 heterocycles. The van der Waals surface area contributed by atoms with E-state index in [4.69, 9.17) is 5.73 Å². The fourth-order valence-corrected chi connectivity index (χ4v) is 2.33. The van der Waals surface area contributed by atoms with Crippen molar-refractivity contribution in [2.75, 3.05) is 6.54 Å². The topological polar surface area (TPSA) is 46.3 Å². The van der Waals surface area contributed by atoms with Gasteiger partial charge in [0.1, 0.15) is 0 Å². The summed E-state index contributed by atoms with van der Waals surface area (Å²) in [5.41, 5.74) is 5.90. The first-order chi connectivity index (χ1) is 6.70. The Morgan fingerprint density at radius 1 is 1.43 bits per heavy atom. The van der Waals surface area contributed by atoms with Crippen LogP contribution in [0, 0.1) is 5.92 Å². The zero-order chi connectivity index (χ0) is 10.1. The van der Waals surface area contributed by atoms with E-state index in [0.29, 0.717) is 5.91 Å². The highest BCUT2D eigenvalue weighted by Crippen LogP contribution is 2.25. The molecule has 0 aromatic carbocycles. The summed E-state index contributed by atoms with van der Waals surface area (Å²) in [5, 5.41) is 0. The number of hydrogen-bond donors (Lipinski definition) is 1. The van der Waals surface area contributed by atoms with Gasteiger partial charge in [-0.05, 0) is 26.2 Å². The molecule has 1 fully saturated rings. The minimum absolute atomic E-state index is 0.174. The van der Waals surface area contributed by atoms with Crippen LogP contribution >= 0.6 is 0 Å². The van der Waals surface area contributed by atoms with Gasteiger partial charge in [-0.1, -0.05) is 12.2 Å². The number of rotatable bonds is 1. The molecule has 78 valence electrons. The van der Waals surface area contributed by atoms with Crippen molar-refractivity contribution in [1.29, 1.82) is 0 Å². The quantitative estimate of drug-likeness (QED) is 0.630. The van der Waals surface area contributed by atoms with Crippen LogP contribution in [0.1, 0.15) is 26.2 Å². The summed E-state index contributed by atoms with van der Waals surface area (Å²) in [5.74, 6) is 0.498. The summed E-state index contributed by atoms with van der Waals surface area (Å²) in [6, 6.07) is 0.399. The Morgan fingerprint density at radius 3 is 2.57 bits per heavy atom. The van der Waals surface area contributed by atoms with Crippen LogP contribution in [0.25, 0.3) is 0 Å². The van der Waals surface area contributed by atoms with Crippen LogP contribution in [0.3, 0.4) is 0 Å². The molecule has 0 radical (unpaired) electrons. The summed E-state index contributed by atoms with van der Waals surface area (Å²) in [6.07, 6.45) is 6.98. The number of nitrogens with zero attached hydrogens (tertiary/aromatic N) is 1. The second-order valence-corrected chi connectivity index (χ2v) is 4.36. The number of carbonyl (C=O) groups excluding carboxylic acids is 1. The largest absolute Gasteiger partial charge is 0.338 e. The van der Waals surface area contributed by atoms with Gasteiger partial charge in [0.15, 0.2) is 0 Å².